The summed E-state index contributed by atoms with van der Waals surface area (Å²) in [7, 11) is 1.60. The van der Waals surface area contributed by atoms with Crippen LogP contribution in [0.25, 0.3) is 10.2 Å². The molecule has 4 aromatic rings. The Bertz CT molecular complexity index is 1330. The summed E-state index contributed by atoms with van der Waals surface area (Å²) in [5.41, 5.74) is 4.67. The number of aryl methyl sites for hydroxylation is 2. The van der Waals surface area contributed by atoms with Crippen LogP contribution >= 0.6 is 23.1 Å². The molecule has 0 fully saturated rings. The van der Waals surface area contributed by atoms with Crippen LogP contribution in [0.3, 0.4) is 0 Å². The van der Waals surface area contributed by atoms with Gasteiger partial charge in [-0.15, -0.1) is 11.3 Å². The number of hydrogen-bond donors (Lipinski definition) is 1. The van der Waals surface area contributed by atoms with E-state index in [1.54, 1.807) is 35.9 Å². The zero-order chi connectivity index (χ0) is 22.7. The Labute approximate surface area is 194 Å². The lowest BCUT2D eigenvalue weighted by Crippen LogP contribution is -2.24. The molecule has 2 aromatic carbocycles. The van der Waals surface area contributed by atoms with Gasteiger partial charge in [-0.2, -0.15) is 0 Å². The van der Waals surface area contributed by atoms with Crippen LogP contribution in [0.4, 0.5) is 5.69 Å². The molecule has 0 aliphatic carbocycles. The largest absolute Gasteiger partial charge is 0.497 e. The van der Waals surface area contributed by atoms with Gasteiger partial charge in [0.1, 0.15) is 10.4 Å². The first kappa shape index (κ1) is 22.1. The highest BCUT2D eigenvalue weighted by Crippen LogP contribution is 2.23. The van der Waals surface area contributed by atoms with E-state index in [2.05, 4.69) is 36.3 Å². The second-order valence-electron chi connectivity index (χ2n) is 7.40. The summed E-state index contributed by atoms with van der Waals surface area (Å²) in [6.45, 7) is 4.53. The topological polar surface area (TPSA) is 73.2 Å². The fourth-order valence-corrected chi connectivity index (χ4v) is 4.84. The van der Waals surface area contributed by atoms with Gasteiger partial charge < -0.3 is 10.1 Å². The van der Waals surface area contributed by atoms with Gasteiger partial charge in [-0.05, 0) is 66.2 Å². The number of nitrogens with one attached hydrogen (secondary N) is 1. The van der Waals surface area contributed by atoms with E-state index in [9.17, 15) is 9.59 Å². The highest BCUT2D eigenvalue weighted by Gasteiger charge is 2.15. The van der Waals surface area contributed by atoms with E-state index in [0.717, 1.165) is 11.3 Å². The summed E-state index contributed by atoms with van der Waals surface area (Å²) in [6.07, 6.45) is 0. The number of amides is 1. The Morgan fingerprint density at radius 2 is 1.91 bits per heavy atom. The minimum absolute atomic E-state index is 0.0821. The number of carbonyl (C=O) groups is 1. The van der Waals surface area contributed by atoms with Gasteiger partial charge in [-0.25, -0.2) is 4.98 Å². The first-order valence-corrected chi connectivity index (χ1v) is 11.9. The molecule has 164 valence electrons. The summed E-state index contributed by atoms with van der Waals surface area (Å²) in [5.74, 6) is 0.694. The van der Waals surface area contributed by atoms with Gasteiger partial charge in [0.25, 0.3) is 5.56 Å². The molecule has 0 spiro atoms. The lowest BCUT2D eigenvalue weighted by molar-refractivity contribution is -0.113. The first-order valence-electron chi connectivity index (χ1n) is 10.1. The van der Waals surface area contributed by atoms with E-state index in [1.165, 1.54) is 34.2 Å². The number of ether oxygens (including phenoxy) is 1. The average molecular weight is 466 g/mol. The Balaban J connectivity index is 1.56. The zero-order valence-electron chi connectivity index (χ0n) is 18.0. The third-order valence-corrected chi connectivity index (χ3v) is 7.02. The maximum absolute atomic E-state index is 13.2. The van der Waals surface area contributed by atoms with Gasteiger partial charge in [-0.1, -0.05) is 30.0 Å². The fraction of sp³-hybridized carbons (Fsp3) is 0.208. The van der Waals surface area contributed by atoms with Gasteiger partial charge in [0.05, 0.1) is 24.9 Å². The number of thioether (sulfide) groups is 1. The molecule has 0 saturated heterocycles. The van der Waals surface area contributed by atoms with Crippen molar-refractivity contribution in [3.63, 3.8) is 0 Å². The van der Waals surface area contributed by atoms with Crippen LogP contribution in [0.5, 0.6) is 5.75 Å². The minimum atomic E-state index is -0.169. The van der Waals surface area contributed by atoms with E-state index in [0.29, 0.717) is 27.6 Å². The van der Waals surface area contributed by atoms with Crippen molar-refractivity contribution in [1.82, 2.24) is 9.55 Å². The molecule has 0 aliphatic heterocycles. The van der Waals surface area contributed by atoms with Crippen LogP contribution < -0.4 is 15.6 Å². The highest BCUT2D eigenvalue weighted by atomic mass is 32.2. The van der Waals surface area contributed by atoms with Crippen molar-refractivity contribution in [2.75, 3.05) is 18.2 Å². The highest BCUT2D eigenvalue weighted by molar-refractivity contribution is 7.99. The van der Waals surface area contributed by atoms with Crippen LogP contribution in [0.1, 0.15) is 16.7 Å². The number of hydrogen-bond acceptors (Lipinski definition) is 6. The van der Waals surface area contributed by atoms with Crippen molar-refractivity contribution < 1.29 is 9.53 Å². The molecule has 0 aliphatic rings. The number of fused-ring (bicyclic) bond motifs is 1. The van der Waals surface area contributed by atoms with Crippen molar-refractivity contribution in [2.45, 2.75) is 25.5 Å². The van der Waals surface area contributed by atoms with Gasteiger partial charge in [-0.3, -0.25) is 14.2 Å². The maximum Gasteiger partial charge on any atom is 0.272 e. The lowest BCUT2D eigenvalue weighted by Gasteiger charge is -2.13. The van der Waals surface area contributed by atoms with Gasteiger partial charge in [0.15, 0.2) is 5.16 Å². The summed E-state index contributed by atoms with van der Waals surface area (Å²) in [5, 5.41) is 5.26. The van der Waals surface area contributed by atoms with Crippen LogP contribution in [-0.2, 0) is 11.3 Å². The molecule has 8 heteroatoms. The molecule has 32 heavy (non-hydrogen) atoms. The normalized spacial score (nSPS) is 11.0. The molecular weight excluding hydrogens is 442 g/mol. The molecule has 0 unspecified atom stereocenters. The predicted molar refractivity (Wildman–Crippen MR) is 131 cm³/mol. The zero-order valence-corrected chi connectivity index (χ0v) is 19.7. The Morgan fingerprint density at radius 3 is 2.62 bits per heavy atom. The van der Waals surface area contributed by atoms with Crippen LogP contribution in [0, 0.1) is 13.8 Å². The molecule has 1 amide bonds. The van der Waals surface area contributed by atoms with E-state index in [1.807, 2.05) is 17.5 Å². The van der Waals surface area contributed by atoms with Gasteiger partial charge >= 0.3 is 0 Å². The average Bonchev–Trinajstić information content (AvgIpc) is 3.26. The number of aromatic nitrogens is 2. The van der Waals surface area contributed by atoms with Gasteiger partial charge in [0.2, 0.25) is 5.91 Å². The molecular formula is C24H23N3O3S2. The summed E-state index contributed by atoms with van der Waals surface area (Å²) < 4.78 is 7.43. The van der Waals surface area contributed by atoms with E-state index < -0.39 is 0 Å². The second-order valence-corrected chi connectivity index (χ2v) is 9.26. The van der Waals surface area contributed by atoms with E-state index in [-0.39, 0.29) is 17.2 Å². The molecule has 4 rings (SSSR count). The molecule has 6 nitrogen and oxygen atoms in total. The smallest absolute Gasteiger partial charge is 0.272 e. The molecule has 0 bridgehead atoms. The number of methoxy groups -OCH3 is 1. The Morgan fingerprint density at radius 1 is 1.12 bits per heavy atom. The predicted octanol–water partition coefficient (Wildman–Crippen LogP) is 4.86. The van der Waals surface area contributed by atoms with Gasteiger partial charge in [0, 0.05) is 5.69 Å². The molecule has 2 aromatic heterocycles. The number of anilines is 1. The monoisotopic (exact) mass is 465 g/mol. The summed E-state index contributed by atoms with van der Waals surface area (Å²) in [6, 6.07) is 15.2. The molecule has 0 atom stereocenters. The van der Waals surface area contributed by atoms with Crippen LogP contribution in [0.15, 0.2) is 63.9 Å². The quantitative estimate of drug-likeness (QED) is 0.312. The fourth-order valence-electron chi connectivity index (χ4n) is 3.26. The number of rotatable bonds is 7. The van der Waals surface area contributed by atoms with E-state index >= 15 is 0 Å². The van der Waals surface area contributed by atoms with Crippen molar-refractivity contribution in [3.8, 4) is 5.75 Å². The number of benzene rings is 2. The van der Waals surface area contributed by atoms with Crippen molar-refractivity contribution >= 4 is 44.9 Å². The third kappa shape index (κ3) is 4.87. The Kier molecular flexibility index (Phi) is 6.62. The van der Waals surface area contributed by atoms with Crippen molar-refractivity contribution in [1.29, 1.82) is 0 Å². The SMILES string of the molecule is COc1ccc(NC(=O)CSc2nc3ccsc3c(=O)n2Cc2ccc(C)c(C)c2)cc1. The Hall–Kier alpha value is -3.10. The number of thiophene rings is 1. The van der Waals surface area contributed by atoms with Crippen molar-refractivity contribution in [2.24, 2.45) is 0 Å². The molecule has 0 saturated carbocycles. The van der Waals surface area contributed by atoms with Crippen molar-refractivity contribution in [3.05, 3.63) is 81.0 Å². The summed E-state index contributed by atoms with van der Waals surface area (Å²) in [4.78, 5) is 30.4. The van der Waals surface area contributed by atoms with Crippen LogP contribution in [0.2, 0.25) is 0 Å². The first-order chi connectivity index (χ1) is 15.4. The number of nitrogens with zero attached hydrogens (tertiary/aromatic N) is 2. The molecule has 1 N–H and O–H groups in total. The van der Waals surface area contributed by atoms with Crippen LogP contribution in [-0.4, -0.2) is 28.3 Å². The standard InChI is InChI=1S/C24H23N3O3S2/c1-15-4-5-17(12-16(15)2)13-27-23(29)22-20(10-11-31-22)26-24(27)32-14-21(28)25-18-6-8-19(30-3)9-7-18/h4-12H,13-14H2,1-3H3,(H,25,28). The van der Waals surface area contributed by atoms with E-state index in [4.69, 9.17) is 4.74 Å². The lowest BCUT2D eigenvalue weighted by atomic mass is 10.1. The third-order valence-electron chi connectivity index (χ3n) is 5.15. The minimum Gasteiger partial charge on any atom is -0.497 e. The molecule has 2 heterocycles. The maximum atomic E-state index is 13.2. The second kappa shape index (κ2) is 9.58. The molecule has 0 radical (unpaired) electrons. The summed E-state index contributed by atoms with van der Waals surface area (Å²) >= 11 is 2.65. The number of carbonyl (C=O) groups excluding carboxylic acids is 1.